The number of halogens is 1. The molecule has 2 aromatic carbocycles. The SMILES string of the molecule is N#CCCn1cc(/C=C/C(=O)Nc2cc(Cl)ccc2N2CCCC2)c2ccccc21. The van der Waals surface area contributed by atoms with E-state index in [2.05, 4.69) is 20.9 Å². The molecule has 2 heterocycles. The van der Waals surface area contributed by atoms with E-state index in [1.165, 1.54) is 0 Å². The Morgan fingerprint density at radius 1 is 1.20 bits per heavy atom. The maximum absolute atomic E-state index is 12.7. The second kappa shape index (κ2) is 9.06. The van der Waals surface area contributed by atoms with Crippen LogP contribution in [-0.4, -0.2) is 23.6 Å². The highest BCUT2D eigenvalue weighted by Gasteiger charge is 2.17. The lowest BCUT2D eigenvalue weighted by molar-refractivity contribution is -0.111. The van der Waals surface area contributed by atoms with Gasteiger partial charge in [0.1, 0.15) is 0 Å². The third-order valence-corrected chi connectivity index (χ3v) is 5.60. The lowest BCUT2D eigenvalue weighted by atomic mass is 10.1. The van der Waals surface area contributed by atoms with Crippen molar-refractivity contribution in [3.63, 3.8) is 0 Å². The first-order valence-electron chi connectivity index (χ1n) is 10.1. The number of carbonyl (C=O) groups is 1. The van der Waals surface area contributed by atoms with Crippen molar-refractivity contribution < 1.29 is 4.79 Å². The summed E-state index contributed by atoms with van der Waals surface area (Å²) in [5, 5.41) is 13.5. The van der Waals surface area contributed by atoms with Crippen LogP contribution in [0.4, 0.5) is 11.4 Å². The first kappa shape index (κ1) is 20.1. The van der Waals surface area contributed by atoms with E-state index in [0.29, 0.717) is 18.0 Å². The van der Waals surface area contributed by atoms with Gasteiger partial charge in [0.15, 0.2) is 0 Å². The molecule has 0 unspecified atom stereocenters. The normalized spacial score (nSPS) is 13.8. The zero-order valence-electron chi connectivity index (χ0n) is 16.6. The fourth-order valence-corrected chi connectivity index (χ4v) is 4.12. The van der Waals surface area contributed by atoms with Gasteiger partial charge in [0.05, 0.1) is 23.9 Å². The molecule has 0 saturated carbocycles. The summed E-state index contributed by atoms with van der Waals surface area (Å²) in [5.41, 5.74) is 3.74. The van der Waals surface area contributed by atoms with Gasteiger partial charge in [0.2, 0.25) is 5.91 Å². The van der Waals surface area contributed by atoms with Crippen LogP contribution < -0.4 is 10.2 Å². The lowest BCUT2D eigenvalue weighted by Crippen LogP contribution is -2.20. The summed E-state index contributed by atoms with van der Waals surface area (Å²) in [6.07, 6.45) is 8.11. The number of aromatic nitrogens is 1. The first-order valence-corrected chi connectivity index (χ1v) is 10.5. The van der Waals surface area contributed by atoms with Gasteiger partial charge in [0, 0.05) is 53.4 Å². The van der Waals surface area contributed by atoms with Gasteiger partial charge in [-0.25, -0.2) is 0 Å². The Morgan fingerprint density at radius 3 is 2.80 bits per heavy atom. The molecule has 1 aromatic heterocycles. The van der Waals surface area contributed by atoms with Gasteiger partial charge in [0.25, 0.3) is 0 Å². The number of para-hydroxylation sites is 1. The minimum Gasteiger partial charge on any atom is -0.370 e. The van der Waals surface area contributed by atoms with Crippen molar-refractivity contribution in [1.29, 1.82) is 5.26 Å². The molecular formula is C24H23ClN4O. The molecule has 0 bridgehead atoms. The highest BCUT2D eigenvalue weighted by molar-refractivity contribution is 6.31. The molecule has 30 heavy (non-hydrogen) atoms. The Bertz CT molecular complexity index is 1140. The number of hydrogen-bond donors (Lipinski definition) is 1. The number of fused-ring (bicyclic) bond motifs is 1. The number of aryl methyl sites for hydroxylation is 1. The van der Waals surface area contributed by atoms with E-state index in [1.807, 2.05) is 48.7 Å². The van der Waals surface area contributed by atoms with Gasteiger partial charge in [-0.2, -0.15) is 5.26 Å². The summed E-state index contributed by atoms with van der Waals surface area (Å²) in [6, 6.07) is 15.8. The van der Waals surface area contributed by atoms with Crippen LogP contribution in [0.5, 0.6) is 0 Å². The number of benzene rings is 2. The van der Waals surface area contributed by atoms with Crippen molar-refractivity contribution in [3.05, 3.63) is 65.3 Å². The summed E-state index contributed by atoms with van der Waals surface area (Å²) < 4.78 is 2.05. The van der Waals surface area contributed by atoms with E-state index >= 15 is 0 Å². The molecule has 3 aromatic rings. The maximum atomic E-state index is 12.7. The van der Waals surface area contributed by atoms with E-state index in [0.717, 1.165) is 53.8 Å². The summed E-state index contributed by atoms with van der Waals surface area (Å²) in [5.74, 6) is -0.202. The van der Waals surface area contributed by atoms with Crippen LogP contribution in [0.2, 0.25) is 5.02 Å². The third kappa shape index (κ3) is 4.34. The van der Waals surface area contributed by atoms with Crippen molar-refractivity contribution in [3.8, 4) is 6.07 Å². The first-order chi connectivity index (χ1) is 14.7. The average molecular weight is 419 g/mol. The van der Waals surface area contributed by atoms with E-state index in [1.54, 1.807) is 12.1 Å². The van der Waals surface area contributed by atoms with Crippen molar-refractivity contribution >= 4 is 45.9 Å². The monoisotopic (exact) mass is 418 g/mol. The molecule has 0 aliphatic carbocycles. The molecule has 1 N–H and O–H groups in total. The highest BCUT2D eigenvalue weighted by atomic mass is 35.5. The molecule has 1 aliphatic heterocycles. The predicted molar refractivity (Wildman–Crippen MR) is 123 cm³/mol. The molecule has 1 saturated heterocycles. The molecule has 0 radical (unpaired) electrons. The molecule has 1 aliphatic rings. The predicted octanol–water partition coefficient (Wildman–Crippen LogP) is 5.46. The van der Waals surface area contributed by atoms with Gasteiger partial charge >= 0.3 is 0 Å². The smallest absolute Gasteiger partial charge is 0.248 e. The molecule has 5 nitrogen and oxygen atoms in total. The van der Waals surface area contributed by atoms with Crippen LogP contribution in [-0.2, 0) is 11.3 Å². The number of nitriles is 1. The number of rotatable bonds is 6. The Labute approximate surface area is 181 Å². The van der Waals surface area contributed by atoms with Gasteiger partial charge in [-0.15, -0.1) is 0 Å². The molecule has 1 fully saturated rings. The number of carbonyl (C=O) groups excluding carboxylic acids is 1. The van der Waals surface area contributed by atoms with Crippen LogP contribution in [0, 0.1) is 11.3 Å². The quantitative estimate of drug-likeness (QED) is 0.540. The Morgan fingerprint density at radius 2 is 2.00 bits per heavy atom. The van der Waals surface area contributed by atoms with Crippen LogP contribution in [0.3, 0.4) is 0 Å². The van der Waals surface area contributed by atoms with Crippen LogP contribution in [0.15, 0.2) is 54.7 Å². The highest BCUT2D eigenvalue weighted by Crippen LogP contribution is 2.31. The Balaban J connectivity index is 1.55. The standard InChI is InChI=1S/C24H23ClN4O/c25-19-9-10-23(28-13-3-4-14-28)21(16-19)27-24(30)11-8-18-17-29(15-5-12-26)22-7-2-1-6-20(18)22/h1-2,6-11,16-17H,3-5,13-15H2,(H,27,30)/b11-8+. The summed E-state index contributed by atoms with van der Waals surface area (Å²) in [7, 11) is 0. The minimum absolute atomic E-state index is 0.202. The lowest BCUT2D eigenvalue weighted by Gasteiger charge is -2.21. The average Bonchev–Trinajstić information content (AvgIpc) is 3.39. The van der Waals surface area contributed by atoms with E-state index < -0.39 is 0 Å². The maximum Gasteiger partial charge on any atom is 0.248 e. The van der Waals surface area contributed by atoms with Gasteiger partial charge in [-0.05, 0) is 43.2 Å². The summed E-state index contributed by atoms with van der Waals surface area (Å²) in [4.78, 5) is 14.9. The Hall–Kier alpha value is -3.23. The van der Waals surface area contributed by atoms with Gasteiger partial charge in [-0.3, -0.25) is 4.79 Å². The van der Waals surface area contributed by atoms with Crippen molar-refractivity contribution in [2.75, 3.05) is 23.3 Å². The van der Waals surface area contributed by atoms with E-state index in [4.69, 9.17) is 16.9 Å². The topological polar surface area (TPSA) is 61.1 Å². The zero-order valence-corrected chi connectivity index (χ0v) is 17.4. The third-order valence-electron chi connectivity index (χ3n) is 5.36. The van der Waals surface area contributed by atoms with E-state index in [-0.39, 0.29) is 5.91 Å². The second-order valence-corrected chi connectivity index (χ2v) is 7.82. The van der Waals surface area contributed by atoms with Gasteiger partial charge < -0.3 is 14.8 Å². The molecule has 6 heteroatoms. The van der Waals surface area contributed by atoms with Crippen molar-refractivity contribution in [2.45, 2.75) is 25.8 Å². The molecule has 4 rings (SSSR count). The second-order valence-electron chi connectivity index (χ2n) is 7.38. The number of hydrogen-bond acceptors (Lipinski definition) is 3. The van der Waals surface area contributed by atoms with Crippen molar-refractivity contribution in [1.82, 2.24) is 4.57 Å². The fourth-order valence-electron chi connectivity index (χ4n) is 3.95. The molecule has 0 atom stereocenters. The van der Waals surface area contributed by atoms with Crippen LogP contribution >= 0.6 is 11.6 Å². The van der Waals surface area contributed by atoms with Crippen molar-refractivity contribution in [2.24, 2.45) is 0 Å². The van der Waals surface area contributed by atoms with E-state index in [9.17, 15) is 4.79 Å². The zero-order chi connectivity index (χ0) is 20.9. The number of nitrogens with zero attached hydrogens (tertiary/aromatic N) is 3. The number of nitrogens with one attached hydrogen (secondary N) is 1. The number of anilines is 2. The Kier molecular flexibility index (Phi) is 6.06. The molecule has 152 valence electrons. The molecular weight excluding hydrogens is 396 g/mol. The molecule has 0 spiro atoms. The summed E-state index contributed by atoms with van der Waals surface area (Å²) >= 11 is 6.18. The minimum atomic E-state index is -0.202. The van der Waals surface area contributed by atoms with Crippen LogP contribution in [0.1, 0.15) is 24.8 Å². The molecule has 1 amide bonds. The van der Waals surface area contributed by atoms with Crippen LogP contribution in [0.25, 0.3) is 17.0 Å². The summed E-state index contributed by atoms with van der Waals surface area (Å²) in [6.45, 7) is 2.60. The number of amides is 1. The fraction of sp³-hybridized carbons (Fsp3) is 0.250. The largest absolute Gasteiger partial charge is 0.370 e. The van der Waals surface area contributed by atoms with Gasteiger partial charge in [-0.1, -0.05) is 29.8 Å².